The number of allylic oxidation sites excluding steroid dienone is 1. The largest absolute Gasteiger partial charge is 0.458 e. The van der Waals surface area contributed by atoms with Crippen LogP contribution in [-0.2, 0) is 14.3 Å². The third-order valence-electron chi connectivity index (χ3n) is 5.56. The first-order valence-electron chi connectivity index (χ1n) is 6.92. The fraction of sp³-hybridized carbons (Fsp3) is 0.600. The van der Waals surface area contributed by atoms with E-state index in [0.717, 1.165) is 25.0 Å². The lowest BCUT2D eigenvalue weighted by molar-refractivity contribution is -0.151. The van der Waals surface area contributed by atoms with Gasteiger partial charge in [0.05, 0.1) is 5.41 Å². The van der Waals surface area contributed by atoms with E-state index in [2.05, 4.69) is 12.2 Å². The van der Waals surface area contributed by atoms with Gasteiger partial charge in [-0.15, -0.1) is 0 Å². The second-order valence-electron chi connectivity index (χ2n) is 6.54. The van der Waals surface area contributed by atoms with Gasteiger partial charge in [0, 0.05) is 17.2 Å². The molecule has 4 atom stereocenters. The van der Waals surface area contributed by atoms with Gasteiger partial charge < -0.3 is 10.1 Å². The molecule has 5 aliphatic rings. The van der Waals surface area contributed by atoms with Crippen LogP contribution in [0.15, 0.2) is 23.4 Å². The summed E-state index contributed by atoms with van der Waals surface area (Å²) in [5.74, 6) is 0.513. The Morgan fingerprint density at radius 2 is 2.26 bits per heavy atom. The monoisotopic (exact) mass is 259 g/mol. The molecule has 4 bridgehead atoms. The molecule has 1 amide bonds. The SMILES string of the molecule is CC1=C/C(=C\[C@]23C(=O)O[C@]4(C)CC[C@H]2C[C@H]34)NC1=O. The summed E-state index contributed by atoms with van der Waals surface area (Å²) in [5, 5.41) is 2.82. The van der Waals surface area contributed by atoms with E-state index in [9.17, 15) is 9.59 Å². The highest BCUT2D eigenvalue weighted by molar-refractivity contribution is 5.98. The molecule has 0 aromatic carbocycles. The molecule has 0 radical (unpaired) electrons. The van der Waals surface area contributed by atoms with Gasteiger partial charge in [0.15, 0.2) is 0 Å². The quantitative estimate of drug-likeness (QED) is 0.729. The van der Waals surface area contributed by atoms with Gasteiger partial charge in [-0.3, -0.25) is 9.59 Å². The highest BCUT2D eigenvalue weighted by atomic mass is 16.6. The third-order valence-corrected chi connectivity index (χ3v) is 5.56. The van der Waals surface area contributed by atoms with E-state index >= 15 is 0 Å². The van der Waals surface area contributed by atoms with E-state index in [1.54, 1.807) is 6.92 Å². The first kappa shape index (κ1) is 11.3. The van der Waals surface area contributed by atoms with Crippen molar-refractivity contribution in [2.24, 2.45) is 17.3 Å². The Hall–Kier alpha value is -1.58. The van der Waals surface area contributed by atoms with Gasteiger partial charge in [-0.05, 0) is 51.2 Å². The van der Waals surface area contributed by atoms with Crippen molar-refractivity contribution in [3.8, 4) is 0 Å². The number of carbonyl (C=O) groups excluding carboxylic acids is 2. The molecule has 100 valence electrons. The summed E-state index contributed by atoms with van der Waals surface area (Å²) in [4.78, 5) is 23.9. The molecule has 4 nitrogen and oxygen atoms in total. The van der Waals surface area contributed by atoms with Crippen molar-refractivity contribution >= 4 is 11.9 Å². The second-order valence-corrected chi connectivity index (χ2v) is 6.54. The summed E-state index contributed by atoms with van der Waals surface area (Å²) in [7, 11) is 0. The highest BCUT2D eigenvalue weighted by Gasteiger charge is 2.74. The molecule has 0 aromatic heterocycles. The van der Waals surface area contributed by atoms with Crippen LogP contribution in [0.2, 0.25) is 0 Å². The minimum Gasteiger partial charge on any atom is -0.458 e. The van der Waals surface area contributed by atoms with E-state index in [0.29, 0.717) is 11.5 Å². The maximum atomic E-state index is 12.4. The average molecular weight is 259 g/mol. The lowest BCUT2D eigenvalue weighted by Gasteiger charge is -2.55. The van der Waals surface area contributed by atoms with Gasteiger partial charge in [0.25, 0.3) is 5.91 Å². The predicted octanol–water partition coefficient (Wildman–Crippen LogP) is 1.68. The zero-order chi connectivity index (χ0) is 13.4. The average Bonchev–Trinajstić information content (AvgIpc) is 2.67. The molecular formula is C15H17NO3. The number of carbonyl (C=O) groups is 2. The van der Waals surface area contributed by atoms with Gasteiger partial charge >= 0.3 is 5.97 Å². The molecule has 1 saturated heterocycles. The molecule has 0 aromatic rings. The van der Waals surface area contributed by atoms with Gasteiger partial charge in [-0.2, -0.15) is 0 Å². The Kier molecular flexibility index (Phi) is 1.84. The highest BCUT2D eigenvalue weighted by Crippen LogP contribution is 2.69. The summed E-state index contributed by atoms with van der Waals surface area (Å²) < 4.78 is 5.68. The molecule has 3 aliphatic carbocycles. The number of hydrogen-bond acceptors (Lipinski definition) is 3. The van der Waals surface area contributed by atoms with E-state index in [4.69, 9.17) is 4.74 Å². The molecule has 4 heteroatoms. The standard InChI is InChI=1S/C15H17NO3/c1-8-5-10(16-12(8)17)7-15-9-3-4-14(2,11(15)6-9)19-13(15)18/h5,7,9,11H,3-4,6H2,1-2H3,(H,16,17)/b10-7+/t9-,11-,14+,15-/m0/s1. The smallest absolute Gasteiger partial charge is 0.317 e. The minimum absolute atomic E-state index is 0.0683. The van der Waals surface area contributed by atoms with Crippen LogP contribution in [0.3, 0.4) is 0 Å². The maximum absolute atomic E-state index is 12.4. The Bertz CT molecular complexity index is 574. The number of nitrogens with one attached hydrogen (secondary N) is 1. The van der Waals surface area contributed by atoms with Crippen molar-refractivity contribution < 1.29 is 14.3 Å². The van der Waals surface area contributed by atoms with Gasteiger partial charge in [0.2, 0.25) is 0 Å². The molecule has 2 heterocycles. The molecular weight excluding hydrogens is 242 g/mol. The molecule has 0 unspecified atom stereocenters. The Morgan fingerprint density at radius 3 is 2.89 bits per heavy atom. The zero-order valence-corrected chi connectivity index (χ0v) is 11.2. The summed E-state index contributed by atoms with van der Waals surface area (Å²) >= 11 is 0. The Labute approximate surface area is 111 Å². The summed E-state index contributed by atoms with van der Waals surface area (Å²) in [6, 6.07) is 0. The Balaban J connectivity index is 1.78. The van der Waals surface area contributed by atoms with Gasteiger partial charge in [0.1, 0.15) is 5.60 Å². The van der Waals surface area contributed by atoms with Crippen LogP contribution < -0.4 is 5.32 Å². The second kappa shape index (κ2) is 3.11. The molecule has 19 heavy (non-hydrogen) atoms. The van der Waals surface area contributed by atoms with Crippen LogP contribution in [0.4, 0.5) is 0 Å². The van der Waals surface area contributed by atoms with Gasteiger partial charge in [-0.1, -0.05) is 0 Å². The minimum atomic E-state index is -0.475. The van der Waals surface area contributed by atoms with Crippen molar-refractivity contribution in [2.75, 3.05) is 0 Å². The molecule has 4 fully saturated rings. The third kappa shape index (κ3) is 1.15. The summed E-state index contributed by atoms with van der Waals surface area (Å²) in [5.41, 5.74) is 0.697. The molecule has 2 aliphatic heterocycles. The number of hydrogen-bond donors (Lipinski definition) is 1. The normalized spacial score (nSPS) is 48.7. The first-order chi connectivity index (χ1) is 8.95. The van der Waals surface area contributed by atoms with E-state index in [1.807, 2.05) is 12.2 Å². The van der Waals surface area contributed by atoms with Gasteiger partial charge in [-0.25, -0.2) is 0 Å². The number of ether oxygens (including phenoxy) is 1. The topological polar surface area (TPSA) is 55.4 Å². The van der Waals surface area contributed by atoms with Crippen LogP contribution >= 0.6 is 0 Å². The number of rotatable bonds is 1. The van der Waals surface area contributed by atoms with Crippen LogP contribution in [0.1, 0.15) is 33.1 Å². The summed E-state index contributed by atoms with van der Waals surface area (Å²) in [6.45, 7) is 3.84. The zero-order valence-electron chi connectivity index (χ0n) is 11.2. The lowest BCUT2D eigenvalue weighted by atomic mass is 9.44. The lowest BCUT2D eigenvalue weighted by Crippen LogP contribution is -2.57. The van der Waals surface area contributed by atoms with Crippen molar-refractivity contribution in [1.29, 1.82) is 0 Å². The van der Waals surface area contributed by atoms with Crippen LogP contribution in [0, 0.1) is 17.3 Å². The molecule has 1 N–H and O–H groups in total. The van der Waals surface area contributed by atoms with Crippen molar-refractivity contribution in [1.82, 2.24) is 5.32 Å². The van der Waals surface area contributed by atoms with E-state index in [-0.39, 0.29) is 23.4 Å². The number of fused-ring (bicyclic) bond motifs is 1. The van der Waals surface area contributed by atoms with Crippen LogP contribution in [-0.4, -0.2) is 17.5 Å². The van der Waals surface area contributed by atoms with E-state index in [1.165, 1.54) is 0 Å². The molecule has 3 saturated carbocycles. The molecule has 5 rings (SSSR count). The Morgan fingerprint density at radius 1 is 1.47 bits per heavy atom. The first-order valence-corrected chi connectivity index (χ1v) is 6.92. The fourth-order valence-electron chi connectivity index (χ4n) is 4.45. The summed E-state index contributed by atoms with van der Waals surface area (Å²) in [6.07, 6.45) is 6.88. The van der Waals surface area contributed by atoms with Crippen molar-refractivity contribution in [3.63, 3.8) is 0 Å². The van der Waals surface area contributed by atoms with E-state index < -0.39 is 5.41 Å². The van der Waals surface area contributed by atoms with Crippen LogP contribution in [0.25, 0.3) is 0 Å². The molecule has 0 spiro atoms. The fourth-order valence-corrected chi connectivity index (χ4v) is 4.45. The predicted molar refractivity (Wildman–Crippen MR) is 67.7 cm³/mol. The van der Waals surface area contributed by atoms with Crippen LogP contribution in [0.5, 0.6) is 0 Å². The van der Waals surface area contributed by atoms with Crippen molar-refractivity contribution in [2.45, 2.75) is 38.7 Å². The number of esters is 1. The van der Waals surface area contributed by atoms with Crippen molar-refractivity contribution in [3.05, 3.63) is 23.4 Å². The number of amides is 1. The maximum Gasteiger partial charge on any atom is 0.317 e.